The minimum absolute atomic E-state index is 0.0700. The Morgan fingerprint density at radius 2 is 0.561 bits per heavy atom. The highest BCUT2D eigenvalue weighted by molar-refractivity contribution is 6.11. The van der Waals surface area contributed by atoms with Gasteiger partial charge in [-0.15, -0.1) is 0 Å². The molecule has 0 spiro atoms. The SMILES string of the molecule is CC1(C)c2ccccc2-c2ccc(N(c3ccccc3)c3ccc(-c4ccc(N(c5ccccc5)c5ccc6c(c5)C(C)(C)c5ccccc5-6)cc4)cc3)cc21.c1ccc(-c2ccnc3c2ccc2c(-c4ccccc4)ccnc23)cc1. The molecule has 2 aliphatic rings. The molecule has 4 nitrogen and oxygen atoms in total. The van der Waals surface area contributed by atoms with E-state index < -0.39 is 0 Å². The lowest BCUT2D eigenvalue weighted by molar-refractivity contribution is 0.660. The van der Waals surface area contributed by atoms with Crippen LogP contribution in [0.4, 0.5) is 34.1 Å². The van der Waals surface area contributed by atoms with Crippen LogP contribution in [0.15, 0.2) is 291 Å². The number of benzene rings is 11. The molecule has 0 atom stereocenters. The van der Waals surface area contributed by atoms with E-state index in [1.165, 1.54) is 77.9 Å². The van der Waals surface area contributed by atoms with Crippen molar-refractivity contribution in [2.45, 2.75) is 38.5 Å². The maximum absolute atomic E-state index is 4.67. The van der Waals surface area contributed by atoms with E-state index in [4.69, 9.17) is 0 Å². The van der Waals surface area contributed by atoms with Crippen LogP contribution in [-0.4, -0.2) is 9.97 Å². The van der Waals surface area contributed by atoms with Crippen molar-refractivity contribution >= 4 is 55.9 Å². The second-order valence-corrected chi connectivity index (χ2v) is 22.5. The number of rotatable bonds is 9. The molecule has 82 heavy (non-hydrogen) atoms. The van der Waals surface area contributed by atoms with Gasteiger partial charge in [-0.05, 0) is 163 Å². The van der Waals surface area contributed by atoms with Crippen molar-refractivity contribution in [2.75, 3.05) is 9.80 Å². The Bertz CT molecular complexity index is 4190. The number of para-hydroxylation sites is 2. The topological polar surface area (TPSA) is 32.3 Å². The fraction of sp³-hybridized carbons (Fsp3) is 0.0769. The summed E-state index contributed by atoms with van der Waals surface area (Å²) in [6.45, 7) is 9.39. The summed E-state index contributed by atoms with van der Waals surface area (Å²) in [6.07, 6.45) is 3.75. The largest absolute Gasteiger partial charge is 0.310 e. The second-order valence-electron chi connectivity index (χ2n) is 22.5. The highest BCUT2D eigenvalue weighted by atomic mass is 15.1. The maximum atomic E-state index is 4.67. The van der Waals surface area contributed by atoms with Gasteiger partial charge in [0, 0.05) is 68.1 Å². The third-order valence-corrected chi connectivity index (χ3v) is 17.1. The Hall–Kier alpha value is -10.2. The summed E-state index contributed by atoms with van der Waals surface area (Å²) >= 11 is 0. The first-order valence-electron chi connectivity index (χ1n) is 28.4. The van der Waals surface area contributed by atoms with Gasteiger partial charge in [-0.2, -0.15) is 0 Å². The van der Waals surface area contributed by atoms with E-state index in [2.05, 4.69) is 314 Å². The van der Waals surface area contributed by atoms with Crippen LogP contribution in [0.1, 0.15) is 49.9 Å². The second kappa shape index (κ2) is 20.5. The third-order valence-electron chi connectivity index (χ3n) is 17.1. The Morgan fingerprint density at radius 1 is 0.244 bits per heavy atom. The minimum Gasteiger partial charge on any atom is -0.310 e. The van der Waals surface area contributed by atoms with Crippen molar-refractivity contribution in [3.05, 3.63) is 314 Å². The summed E-state index contributed by atoms with van der Waals surface area (Å²) in [4.78, 5) is 14.1. The summed E-state index contributed by atoms with van der Waals surface area (Å²) in [7, 11) is 0. The molecule has 13 aromatic rings. The van der Waals surface area contributed by atoms with E-state index in [9.17, 15) is 0 Å². The predicted molar refractivity (Wildman–Crippen MR) is 344 cm³/mol. The maximum Gasteiger partial charge on any atom is 0.0970 e. The average Bonchev–Trinajstić information content (AvgIpc) is 3.54. The number of pyridine rings is 2. The first-order chi connectivity index (χ1) is 40.2. The van der Waals surface area contributed by atoms with Crippen molar-refractivity contribution in [1.29, 1.82) is 0 Å². The summed E-state index contributed by atoms with van der Waals surface area (Å²) in [5, 5.41) is 2.26. The summed E-state index contributed by atoms with van der Waals surface area (Å²) in [5.74, 6) is 0. The summed E-state index contributed by atoms with van der Waals surface area (Å²) in [5.41, 5.74) is 26.6. The molecule has 0 N–H and O–H groups in total. The van der Waals surface area contributed by atoms with Crippen LogP contribution in [-0.2, 0) is 10.8 Å². The molecule has 11 aromatic carbocycles. The smallest absolute Gasteiger partial charge is 0.0970 e. The highest BCUT2D eigenvalue weighted by Crippen LogP contribution is 2.52. The molecule has 0 saturated carbocycles. The summed E-state index contributed by atoms with van der Waals surface area (Å²) < 4.78 is 0. The molecule has 0 saturated heterocycles. The van der Waals surface area contributed by atoms with Gasteiger partial charge in [0.1, 0.15) is 0 Å². The van der Waals surface area contributed by atoms with Gasteiger partial charge in [-0.25, -0.2) is 0 Å². The first kappa shape index (κ1) is 50.1. The van der Waals surface area contributed by atoms with Crippen molar-refractivity contribution in [3.8, 4) is 55.6 Å². The van der Waals surface area contributed by atoms with E-state index >= 15 is 0 Å². The van der Waals surface area contributed by atoms with Crippen LogP contribution >= 0.6 is 0 Å². The molecule has 0 radical (unpaired) electrons. The van der Waals surface area contributed by atoms with Crippen molar-refractivity contribution < 1.29 is 0 Å². The van der Waals surface area contributed by atoms with E-state index in [0.29, 0.717) is 0 Å². The molecule has 2 aliphatic carbocycles. The predicted octanol–water partition coefficient (Wildman–Crippen LogP) is 21.0. The quantitative estimate of drug-likeness (QED) is 0.135. The molecule has 2 heterocycles. The molecule has 0 aliphatic heterocycles. The lowest BCUT2D eigenvalue weighted by atomic mass is 9.82. The van der Waals surface area contributed by atoms with E-state index in [0.717, 1.165) is 55.9 Å². The molecule has 0 fully saturated rings. The minimum atomic E-state index is -0.0700. The molecule has 392 valence electrons. The average molecular weight is 1050 g/mol. The lowest BCUT2D eigenvalue weighted by Gasteiger charge is -2.28. The van der Waals surface area contributed by atoms with Crippen molar-refractivity contribution in [1.82, 2.24) is 9.97 Å². The van der Waals surface area contributed by atoms with Gasteiger partial charge in [-0.3, -0.25) is 9.97 Å². The molecule has 0 amide bonds. The standard InChI is InChI=1S/C54H44N2.C24H16N2/c1-53(2)49-21-13-11-19-45(49)47-33-31-43(35-51(47)53)55(39-15-7-5-8-16-39)41-27-23-37(24-28-41)38-25-29-42(30-26-38)56(40-17-9-6-10-18-40)44-32-34-48-46-20-12-14-22-50(46)54(3,4)52(48)36-44;1-3-7-17(8-4-1)19-13-15-25-23-21(19)11-12-22-20(14-16-26-24(22)23)18-9-5-2-6-10-18/h5-36H,1-4H3;1-16H. The monoisotopic (exact) mass is 1050 g/mol. The number of aromatic nitrogens is 2. The zero-order valence-corrected chi connectivity index (χ0v) is 46.5. The number of hydrogen-bond donors (Lipinski definition) is 0. The number of anilines is 6. The van der Waals surface area contributed by atoms with Crippen LogP contribution < -0.4 is 9.80 Å². The van der Waals surface area contributed by atoms with Crippen LogP contribution in [0.3, 0.4) is 0 Å². The Labute approximate surface area is 481 Å². The molecule has 2 aromatic heterocycles. The number of nitrogens with zero attached hydrogens (tertiary/aromatic N) is 4. The van der Waals surface area contributed by atoms with Gasteiger partial charge >= 0.3 is 0 Å². The van der Waals surface area contributed by atoms with Gasteiger partial charge in [0.15, 0.2) is 0 Å². The fourth-order valence-corrected chi connectivity index (χ4v) is 12.9. The molecule has 0 bridgehead atoms. The van der Waals surface area contributed by atoms with Crippen LogP contribution in [0.25, 0.3) is 77.4 Å². The number of fused-ring (bicyclic) bond motifs is 9. The van der Waals surface area contributed by atoms with Gasteiger partial charge in [-0.1, -0.05) is 222 Å². The zero-order chi connectivity index (χ0) is 55.4. The molecule has 4 heteroatoms. The van der Waals surface area contributed by atoms with E-state index in [-0.39, 0.29) is 10.8 Å². The van der Waals surface area contributed by atoms with Gasteiger partial charge in [0.05, 0.1) is 11.0 Å². The van der Waals surface area contributed by atoms with Crippen LogP contribution in [0, 0.1) is 0 Å². The zero-order valence-electron chi connectivity index (χ0n) is 46.5. The Balaban J connectivity index is 0.000000192. The highest BCUT2D eigenvalue weighted by Gasteiger charge is 2.37. The van der Waals surface area contributed by atoms with Gasteiger partial charge < -0.3 is 9.80 Å². The first-order valence-corrected chi connectivity index (χ1v) is 28.4. The lowest BCUT2D eigenvalue weighted by Crippen LogP contribution is -2.16. The van der Waals surface area contributed by atoms with Crippen molar-refractivity contribution in [3.63, 3.8) is 0 Å². The van der Waals surface area contributed by atoms with Gasteiger partial charge in [0.2, 0.25) is 0 Å². The summed E-state index contributed by atoms with van der Waals surface area (Å²) in [6, 6.07) is 100. The van der Waals surface area contributed by atoms with Crippen LogP contribution in [0.2, 0.25) is 0 Å². The third kappa shape index (κ3) is 8.72. The molecule has 15 rings (SSSR count). The Morgan fingerprint density at radius 3 is 0.951 bits per heavy atom. The van der Waals surface area contributed by atoms with E-state index in [1.807, 2.05) is 24.5 Å². The van der Waals surface area contributed by atoms with Gasteiger partial charge in [0.25, 0.3) is 0 Å². The number of hydrogen-bond acceptors (Lipinski definition) is 4. The molecular weight excluding hydrogens is 993 g/mol. The van der Waals surface area contributed by atoms with Crippen molar-refractivity contribution in [2.24, 2.45) is 0 Å². The molecule has 0 unspecified atom stereocenters. The Kier molecular flexibility index (Phi) is 12.5. The van der Waals surface area contributed by atoms with Crippen LogP contribution in [0.5, 0.6) is 0 Å². The normalized spacial score (nSPS) is 13.1. The van der Waals surface area contributed by atoms with E-state index in [1.54, 1.807) is 0 Å². The molecular formula is C78H60N4. The fourth-order valence-electron chi connectivity index (χ4n) is 12.9.